The fourth-order valence-corrected chi connectivity index (χ4v) is 10.3. The minimum atomic E-state index is -3.02. The lowest BCUT2D eigenvalue weighted by atomic mass is 10.1. The molecule has 0 radical (unpaired) electrons. The number of benzene rings is 2. The molecule has 0 amide bonds. The zero-order valence-electron chi connectivity index (χ0n) is 25.0. The van der Waals surface area contributed by atoms with Crippen molar-refractivity contribution in [2.75, 3.05) is 33.0 Å². The molecule has 9 heteroatoms. The standard InChI is InChI=1S/C15H25ClO3Si.C14H23ClO2Si/c1-6-17-20(18-7-2,19-8-3)15(5,16)14-11-9-13(4)10-12-14;1-6-16-18(5,17-7-2)14(4,15)13-10-8-12(3)9-11-13/h9-12H,6-8H2,1-5H3;8-11H,6-7H2,1-5H3. The van der Waals surface area contributed by atoms with Gasteiger partial charge < -0.3 is 22.1 Å². The van der Waals surface area contributed by atoms with Gasteiger partial charge in [-0.1, -0.05) is 59.7 Å². The Morgan fingerprint density at radius 2 is 0.842 bits per heavy atom. The van der Waals surface area contributed by atoms with Gasteiger partial charge >= 0.3 is 17.4 Å². The predicted octanol–water partition coefficient (Wildman–Crippen LogP) is 8.17. The Morgan fingerprint density at radius 1 is 0.553 bits per heavy atom. The van der Waals surface area contributed by atoms with Gasteiger partial charge in [-0.05, 0) is 80.0 Å². The molecule has 2 atom stereocenters. The lowest BCUT2D eigenvalue weighted by molar-refractivity contribution is 0.0581. The summed E-state index contributed by atoms with van der Waals surface area (Å²) in [5.74, 6) is 0. The van der Waals surface area contributed by atoms with Crippen LogP contribution in [0.5, 0.6) is 0 Å². The van der Waals surface area contributed by atoms with Crippen molar-refractivity contribution in [3.63, 3.8) is 0 Å². The minimum Gasteiger partial charge on any atom is -0.393 e. The van der Waals surface area contributed by atoms with Crippen LogP contribution in [-0.2, 0) is 31.1 Å². The molecule has 0 saturated carbocycles. The molecule has 0 bridgehead atoms. The first-order valence-electron chi connectivity index (χ1n) is 13.5. The van der Waals surface area contributed by atoms with Gasteiger partial charge in [-0.25, -0.2) is 0 Å². The Hall–Kier alpha value is -0.746. The van der Waals surface area contributed by atoms with E-state index in [1.807, 2.05) is 86.2 Å². The summed E-state index contributed by atoms with van der Waals surface area (Å²) >= 11 is 13.7. The van der Waals surface area contributed by atoms with Crippen LogP contribution >= 0.6 is 23.2 Å². The van der Waals surface area contributed by atoms with Crippen LogP contribution in [-0.4, -0.2) is 50.4 Å². The normalized spacial score (nSPS) is 15.3. The van der Waals surface area contributed by atoms with Crippen LogP contribution in [0.15, 0.2) is 48.5 Å². The van der Waals surface area contributed by atoms with Crippen molar-refractivity contribution in [2.24, 2.45) is 0 Å². The van der Waals surface area contributed by atoms with E-state index in [9.17, 15) is 0 Å². The second-order valence-electron chi connectivity index (χ2n) is 9.40. The highest BCUT2D eigenvalue weighted by Crippen LogP contribution is 2.41. The van der Waals surface area contributed by atoms with E-state index in [2.05, 4.69) is 31.2 Å². The number of alkyl halides is 2. The van der Waals surface area contributed by atoms with E-state index in [-0.39, 0.29) is 0 Å². The van der Waals surface area contributed by atoms with E-state index < -0.39 is 26.4 Å². The van der Waals surface area contributed by atoms with Gasteiger partial charge in [0.1, 0.15) is 8.99 Å². The van der Waals surface area contributed by atoms with Crippen molar-refractivity contribution >= 4 is 40.6 Å². The van der Waals surface area contributed by atoms with E-state index >= 15 is 0 Å². The SMILES string of the molecule is CCO[Si](C)(OCC)C(C)(Cl)c1ccc(C)cc1.CCO[Si](OCC)(OCC)C(C)(Cl)c1ccc(C)cc1. The van der Waals surface area contributed by atoms with Gasteiger partial charge in [-0.3, -0.25) is 0 Å². The first-order valence-corrected chi connectivity index (χ1v) is 18.3. The molecule has 0 aliphatic carbocycles. The van der Waals surface area contributed by atoms with Crippen LogP contribution in [0.2, 0.25) is 6.55 Å². The largest absolute Gasteiger partial charge is 0.527 e. The van der Waals surface area contributed by atoms with E-state index in [0.717, 1.165) is 11.1 Å². The average molecular weight is 604 g/mol. The second kappa shape index (κ2) is 15.9. The van der Waals surface area contributed by atoms with Gasteiger partial charge in [0, 0.05) is 33.0 Å². The quantitative estimate of drug-likeness (QED) is 0.161. The molecule has 0 fully saturated rings. The van der Waals surface area contributed by atoms with Crippen LogP contribution in [0, 0.1) is 13.8 Å². The molecule has 0 spiro atoms. The third kappa shape index (κ3) is 8.62. The van der Waals surface area contributed by atoms with Crippen LogP contribution in [0.25, 0.3) is 0 Å². The van der Waals surface area contributed by atoms with E-state index in [0.29, 0.717) is 33.0 Å². The highest BCUT2D eigenvalue weighted by Gasteiger charge is 2.58. The zero-order chi connectivity index (χ0) is 29.0. The van der Waals surface area contributed by atoms with Gasteiger partial charge in [0.25, 0.3) is 0 Å². The second-order valence-corrected chi connectivity index (χ2v) is 18.0. The Kier molecular flexibility index (Phi) is 14.8. The third-order valence-electron chi connectivity index (χ3n) is 6.46. The molecule has 0 N–H and O–H groups in total. The van der Waals surface area contributed by atoms with Crippen molar-refractivity contribution in [3.05, 3.63) is 70.8 Å². The maximum absolute atomic E-state index is 6.86. The van der Waals surface area contributed by atoms with Crippen molar-refractivity contribution in [3.8, 4) is 0 Å². The summed E-state index contributed by atoms with van der Waals surface area (Å²) in [6, 6.07) is 16.4. The summed E-state index contributed by atoms with van der Waals surface area (Å²) in [5, 5.41) is 0. The molecule has 2 rings (SSSR count). The first kappa shape index (κ1) is 35.3. The van der Waals surface area contributed by atoms with Crippen molar-refractivity contribution in [2.45, 2.75) is 77.9 Å². The molecule has 2 aromatic carbocycles. The van der Waals surface area contributed by atoms with E-state index in [4.69, 9.17) is 45.3 Å². The maximum Gasteiger partial charge on any atom is 0.527 e. The summed E-state index contributed by atoms with van der Waals surface area (Å²) in [4.78, 5) is 0. The number of halogens is 2. The number of hydrogen-bond acceptors (Lipinski definition) is 5. The van der Waals surface area contributed by atoms with Crippen LogP contribution < -0.4 is 0 Å². The van der Waals surface area contributed by atoms with E-state index in [1.165, 1.54) is 11.1 Å². The molecule has 0 saturated heterocycles. The van der Waals surface area contributed by atoms with Gasteiger partial charge in [-0.15, -0.1) is 23.2 Å². The number of aryl methyl sites for hydroxylation is 2. The molecule has 0 aliphatic heterocycles. The van der Waals surface area contributed by atoms with Crippen molar-refractivity contribution < 1.29 is 22.1 Å². The molecule has 38 heavy (non-hydrogen) atoms. The molecule has 5 nitrogen and oxygen atoms in total. The molecular formula is C29H48Cl2O5Si2. The minimum absolute atomic E-state index is 0.514. The smallest absolute Gasteiger partial charge is 0.393 e. The summed E-state index contributed by atoms with van der Waals surface area (Å²) in [5.41, 5.74) is 4.44. The maximum atomic E-state index is 6.86. The average Bonchev–Trinajstić information content (AvgIpc) is 2.85. The lowest BCUT2D eigenvalue weighted by Crippen LogP contribution is -2.59. The van der Waals surface area contributed by atoms with Crippen LogP contribution in [0.1, 0.15) is 70.7 Å². The Morgan fingerprint density at radius 3 is 1.13 bits per heavy atom. The van der Waals surface area contributed by atoms with Gasteiger partial charge in [0.15, 0.2) is 0 Å². The molecule has 0 aliphatic rings. The fraction of sp³-hybridized carbons (Fsp3) is 0.586. The van der Waals surface area contributed by atoms with Gasteiger partial charge in [0.05, 0.1) is 0 Å². The molecule has 216 valence electrons. The lowest BCUT2D eigenvalue weighted by Gasteiger charge is -2.39. The summed E-state index contributed by atoms with van der Waals surface area (Å²) < 4.78 is 28.2. The van der Waals surface area contributed by atoms with Crippen molar-refractivity contribution in [1.82, 2.24) is 0 Å². The Labute approximate surface area is 243 Å². The third-order valence-corrected chi connectivity index (χ3v) is 15.7. The first-order chi connectivity index (χ1) is 17.8. The Balaban J connectivity index is 0.000000382. The van der Waals surface area contributed by atoms with Crippen LogP contribution in [0.4, 0.5) is 0 Å². The summed E-state index contributed by atoms with van der Waals surface area (Å²) in [7, 11) is -5.49. The molecule has 2 unspecified atom stereocenters. The topological polar surface area (TPSA) is 46.2 Å². The number of rotatable bonds is 14. The number of hydrogen-bond donors (Lipinski definition) is 0. The molecule has 0 aromatic heterocycles. The van der Waals surface area contributed by atoms with Crippen LogP contribution in [0.3, 0.4) is 0 Å². The zero-order valence-corrected chi connectivity index (χ0v) is 28.5. The fourth-order valence-electron chi connectivity index (χ4n) is 4.14. The van der Waals surface area contributed by atoms with E-state index in [1.54, 1.807) is 0 Å². The highest BCUT2D eigenvalue weighted by atomic mass is 35.5. The Bertz CT molecular complexity index is 914. The van der Waals surface area contributed by atoms with Gasteiger partial charge in [-0.2, -0.15) is 0 Å². The molecular weight excluding hydrogens is 555 g/mol. The van der Waals surface area contributed by atoms with Gasteiger partial charge in [0.2, 0.25) is 0 Å². The highest BCUT2D eigenvalue weighted by molar-refractivity contribution is 6.77. The predicted molar refractivity (Wildman–Crippen MR) is 164 cm³/mol. The monoisotopic (exact) mass is 602 g/mol. The van der Waals surface area contributed by atoms with Crippen molar-refractivity contribution in [1.29, 1.82) is 0 Å². The summed E-state index contributed by atoms with van der Waals surface area (Å²) in [6.07, 6.45) is 0. The summed E-state index contributed by atoms with van der Waals surface area (Å²) in [6.45, 7) is 22.6. The molecule has 0 heterocycles. The molecule has 2 aromatic rings.